The maximum absolute atomic E-state index is 13.5. The van der Waals surface area contributed by atoms with Gasteiger partial charge in [0.2, 0.25) is 5.91 Å². The summed E-state index contributed by atoms with van der Waals surface area (Å²) in [4.78, 5) is 28.3. The van der Waals surface area contributed by atoms with Gasteiger partial charge in [-0.05, 0) is 47.9 Å². The smallest absolute Gasteiger partial charge is 0.261 e. The Morgan fingerprint density at radius 3 is 2.26 bits per heavy atom. The Hall–Kier alpha value is -3.02. The third kappa shape index (κ3) is 7.79. The van der Waals surface area contributed by atoms with Crippen LogP contribution in [0.4, 0.5) is 0 Å². The van der Waals surface area contributed by atoms with Crippen molar-refractivity contribution in [2.24, 2.45) is 0 Å². The summed E-state index contributed by atoms with van der Waals surface area (Å²) in [6.45, 7) is 2.51. The molecule has 1 N–H and O–H groups in total. The van der Waals surface area contributed by atoms with Gasteiger partial charge < -0.3 is 15.0 Å². The van der Waals surface area contributed by atoms with Crippen LogP contribution in [0, 0.1) is 0 Å². The van der Waals surface area contributed by atoms with Crippen molar-refractivity contribution in [1.29, 1.82) is 0 Å². The minimum absolute atomic E-state index is 0.205. The lowest BCUT2D eigenvalue weighted by Crippen LogP contribution is -2.51. The number of nitrogens with one attached hydrogen (secondary N) is 1. The highest BCUT2D eigenvalue weighted by Crippen LogP contribution is 2.20. The van der Waals surface area contributed by atoms with Crippen LogP contribution in [0.15, 0.2) is 78.9 Å². The van der Waals surface area contributed by atoms with Crippen molar-refractivity contribution in [3.63, 3.8) is 0 Å². The van der Waals surface area contributed by atoms with Gasteiger partial charge in [-0.15, -0.1) is 0 Å². The van der Waals surface area contributed by atoms with E-state index in [0.717, 1.165) is 17.5 Å². The summed E-state index contributed by atoms with van der Waals surface area (Å²) >= 11 is 12.2. The Labute approximate surface area is 210 Å². The molecule has 7 heteroatoms. The number of hydrogen-bond acceptors (Lipinski definition) is 3. The molecule has 1 unspecified atom stereocenters. The molecule has 3 aromatic rings. The highest BCUT2D eigenvalue weighted by molar-refractivity contribution is 6.30. The van der Waals surface area contributed by atoms with Crippen molar-refractivity contribution in [2.45, 2.75) is 32.4 Å². The summed E-state index contributed by atoms with van der Waals surface area (Å²) in [6, 6.07) is 23.1. The number of hydrogen-bond donors (Lipinski definition) is 1. The Balaban J connectivity index is 1.89. The molecule has 0 spiro atoms. The fourth-order valence-electron chi connectivity index (χ4n) is 3.54. The number of carbonyl (C=O) groups is 2. The summed E-state index contributed by atoms with van der Waals surface area (Å²) in [5.74, 6) is -0.0324. The molecule has 178 valence electrons. The third-order valence-corrected chi connectivity index (χ3v) is 5.69. The van der Waals surface area contributed by atoms with Crippen LogP contribution in [0.25, 0.3) is 0 Å². The fraction of sp³-hybridized carbons (Fsp3) is 0.259. The molecule has 0 saturated heterocycles. The molecule has 0 bridgehead atoms. The van der Waals surface area contributed by atoms with Crippen LogP contribution >= 0.6 is 23.2 Å². The average Bonchev–Trinajstić information content (AvgIpc) is 2.84. The zero-order chi connectivity index (χ0) is 24.3. The normalized spacial score (nSPS) is 11.5. The molecule has 0 saturated carbocycles. The monoisotopic (exact) mass is 498 g/mol. The van der Waals surface area contributed by atoms with Crippen LogP contribution in [0.1, 0.15) is 24.5 Å². The number of halogens is 2. The molecule has 5 nitrogen and oxygen atoms in total. The summed E-state index contributed by atoms with van der Waals surface area (Å²) in [6.07, 6.45) is 1.17. The van der Waals surface area contributed by atoms with E-state index in [1.807, 2.05) is 49.4 Å². The first-order valence-corrected chi connectivity index (χ1v) is 12.0. The molecule has 2 amide bonds. The van der Waals surface area contributed by atoms with Crippen LogP contribution in [-0.2, 0) is 22.6 Å². The molecule has 0 fully saturated rings. The molecule has 3 rings (SSSR count). The van der Waals surface area contributed by atoms with Gasteiger partial charge in [0.15, 0.2) is 6.61 Å². The molecule has 34 heavy (non-hydrogen) atoms. The predicted molar refractivity (Wildman–Crippen MR) is 136 cm³/mol. The molecule has 0 aliphatic carbocycles. The summed E-state index contributed by atoms with van der Waals surface area (Å²) in [7, 11) is 0. The van der Waals surface area contributed by atoms with E-state index >= 15 is 0 Å². The molecule has 0 aliphatic rings. The molecular weight excluding hydrogens is 471 g/mol. The first kappa shape index (κ1) is 25.6. The molecule has 3 aromatic carbocycles. The van der Waals surface area contributed by atoms with Gasteiger partial charge in [-0.3, -0.25) is 9.59 Å². The van der Waals surface area contributed by atoms with Gasteiger partial charge in [0, 0.05) is 29.6 Å². The molecule has 1 atom stereocenters. The number of ether oxygens (including phenoxy) is 1. The van der Waals surface area contributed by atoms with Gasteiger partial charge in [-0.25, -0.2) is 0 Å². The van der Waals surface area contributed by atoms with Crippen LogP contribution in [0.5, 0.6) is 5.75 Å². The topological polar surface area (TPSA) is 58.6 Å². The average molecular weight is 499 g/mol. The summed E-state index contributed by atoms with van der Waals surface area (Å²) < 4.78 is 5.72. The van der Waals surface area contributed by atoms with Gasteiger partial charge in [0.05, 0.1) is 0 Å². The van der Waals surface area contributed by atoms with Crippen molar-refractivity contribution in [1.82, 2.24) is 10.2 Å². The van der Waals surface area contributed by atoms with E-state index in [0.29, 0.717) is 28.8 Å². The summed E-state index contributed by atoms with van der Waals surface area (Å²) in [5, 5.41) is 4.03. The van der Waals surface area contributed by atoms with E-state index < -0.39 is 6.04 Å². The van der Waals surface area contributed by atoms with Gasteiger partial charge in [-0.2, -0.15) is 0 Å². The Morgan fingerprint density at radius 1 is 0.912 bits per heavy atom. The molecule has 0 heterocycles. The van der Waals surface area contributed by atoms with E-state index in [2.05, 4.69) is 5.32 Å². The lowest BCUT2D eigenvalue weighted by Gasteiger charge is -2.31. The molecular formula is C27H28Cl2N2O3. The second-order valence-corrected chi connectivity index (χ2v) is 8.77. The van der Waals surface area contributed by atoms with E-state index in [1.54, 1.807) is 41.3 Å². The number of rotatable bonds is 11. The predicted octanol–water partition coefficient (Wildman–Crippen LogP) is 5.54. The van der Waals surface area contributed by atoms with Crippen molar-refractivity contribution >= 4 is 35.0 Å². The maximum Gasteiger partial charge on any atom is 0.261 e. The molecule has 0 aliphatic heterocycles. The minimum atomic E-state index is -0.719. The molecule has 0 radical (unpaired) electrons. The zero-order valence-electron chi connectivity index (χ0n) is 19.0. The number of benzene rings is 3. The quantitative estimate of drug-likeness (QED) is 0.377. The van der Waals surface area contributed by atoms with Crippen molar-refractivity contribution in [3.8, 4) is 5.75 Å². The Morgan fingerprint density at radius 2 is 1.59 bits per heavy atom. The second kappa shape index (κ2) is 13.0. The minimum Gasteiger partial charge on any atom is -0.484 e. The first-order valence-electron chi connectivity index (χ1n) is 11.2. The van der Waals surface area contributed by atoms with Gasteiger partial charge in [0.1, 0.15) is 11.8 Å². The SMILES string of the molecule is CCCNC(=O)C(Cc1ccccc1)N(Cc1cccc(Cl)c1)C(=O)COc1cccc(Cl)c1. The van der Waals surface area contributed by atoms with Gasteiger partial charge >= 0.3 is 0 Å². The van der Waals surface area contributed by atoms with E-state index in [9.17, 15) is 9.59 Å². The van der Waals surface area contributed by atoms with Crippen LogP contribution < -0.4 is 10.1 Å². The highest BCUT2D eigenvalue weighted by atomic mass is 35.5. The van der Waals surface area contributed by atoms with Gasteiger partial charge in [-0.1, -0.05) is 78.7 Å². The Bertz CT molecular complexity index is 1090. The number of carbonyl (C=O) groups excluding carboxylic acids is 2. The van der Waals surface area contributed by atoms with E-state index in [-0.39, 0.29) is 25.0 Å². The lowest BCUT2D eigenvalue weighted by atomic mass is 10.0. The Kier molecular flexibility index (Phi) is 9.80. The van der Waals surface area contributed by atoms with Crippen LogP contribution in [0.2, 0.25) is 10.0 Å². The second-order valence-electron chi connectivity index (χ2n) is 7.89. The fourth-order valence-corrected chi connectivity index (χ4v) is 3.93. The standard InChI is InChI=1S/C27H28Cl2N2O3/c1-2-14-30-27(33)25(16-20-8-4-3-5-9-20)31(18-21-10-6-11-22(28)15-21)26(32)19-34-24-13-7-12-23(29)17-24/h3-13,15,17,25H,2,14,16,18-19H2,1H3,(H,30,33). The van der Waals surface area contributed by atoms with Crippen LogP contribution in [-0.4, -0.2) is 35.9 Å². The number of nitrogens with zero attached hydrogens (tertiary/aromatic N) is 1. The highest BCUT2D eigenvalue weighted by Gasteiger charge is 2.30. The lowest BCUT2D eigenvalue weighted by molar-refractivity contribution is -0.142. The largest absolute Gasteiger partial charge is 0.484 e. The van der Waals surface area contributed by atoms with Crippen molar-refractivity contribution in [3.05, 3.63) is 100 Å². The van der Waals surface area contributed by atoms with Crippen molar-refractivity contribution < 1.29 is 14.3 Å². The summed E-state index contributed by atoms with van der Waals surface area (Å²) in [5.41, 5.74) is 1.78. The maximum atomic E-state index is 13.5. The van der Waals surface area contributed by atoms with Crippen molar-refractivity contribution in [2.75, 3.05) is 13.2 Å². The van der Waals surface area contributed by atoms with E-state index in [4.69, 9.17) is 27.9 Å². The zero-order valence-corrected chi connectivity index (χ0v) is 20.6. The van der Waals surface area contributed by atoms with E-state index in [1.165, 1.54) is 0 Å². The van der Waals surface area contributed by atoms with Crippen LogP contribution in [0.3, 0.4) is 0 Å². The first-order chi connectivity index (χ1) is 16.5. The number of amides is 2. The molecule has 0 aromatic heterocycles. The third-order valence-electron chi connectivity index (χ3n) is 5.22. The van der Waals surface area contributed by atoms with Gasteiger partial charge in [0.25, 0.3) is 5.91 Å².